The van der Waals surface area contributed by atoms with Crippen molar-refractivity contribution in [2.45, 2.75) is 21.3 Å². The smallest absolute Gasteiger partial charge is 0.0456 e. The number of aliphatic hydroxyl groups is 1. The second-order valence-corrected chi connectivity index (χ2v) is 4.17. The van der Waals surface area contributed by atoms with E-state index in [1.807, 2.05) is 30.5 Å². The molecule has 0 saturated heterocycles. The first kappa shape index (κ1) is 17.9. The van der Waals surface area contributed by atoms with Crippen LogP contribution in [0.5, 0.6) is 0 Å². The van der Waals surface area contributed by atoms with Crippen LogP contribution in [-0.2, 0) is 0 Å². The lowest BCUT2D eigenvalue weighted by molar-refractivity contribution is 0.399. The molecule has 3 aromatic rings. The van der Waals surface area contributed by atoms with Crippen LogP contribution in [0.3, 0.4) is 0 Å². The van der Waals surface area contributed by atoms with E-state index in [1.165, 1.54) is 22.0 Å². The molecule has 0 atom stereocenters. The third kappa shape index (κ3) is 5.29. The van der Waals surface area contributed by atoms with E-state index in [2.05, 4.69) is 49.2 Å². The Hall–Kier alpha value is -2.06. The number of rotatable bonds is 0. The van der Waals surface area contributed by atoms with Gasteiger partial charge in [0.25, 0.3) is 0 Å². The van der Waals surface area contributed by atoms with Crippen LogP contribution < -0.4 is 0 Å². The van der Waals surface area contributed by atoms with Crippen LogP contribution >= 0.6 is 0 Å². The van der Waals surface area contributed by atoms with Gasteiger partial charge in [0.1, 0.15) is 0 Å². The minimum absolute atomic E-state index is 0. The summed E-state index contributed by atoms with van der Waals surface area (Å²) >= 11 is 0. The van der Waals surface area contributed by atoms with Gasteiger partial charge in [-0.1, -0.05) is 61.5 Å². The van der Waals surface area contributed by atoms with Crippen LogP contribution in [0.25, 0.3) is 10.9 Å². The van der Waals surface area contributed by atoms with Crippen molar-refractivity contribution in [3.05, 3.63) is 71.9 Å². The first-order valence-corrected chi connectivity index (χ1v) is 6.26. The number of aryl methyl sites for hydroxylation is 2. The number of hydrogen-bond acceptors (Lipinski definition) is 1. The number of H-pyrrole nitrogens is 1. The lowest BCUT2D eigenvalue weighted by Gasteiger charge is -1.86. The Morgan fingerprint density at radius 2 is 1.35 bits per heavy atom. The zero-order chi connectivity index (χ0) is 14.1. The summed E-state index contributed by atoms with van der Waals surface area (Å²) in [5, 5.41) is 8.32. The van der Waals surface area contributed by atoms with Gasteiger partial charge >= 0.3 is 0 Å². The lowest BCUT2D eigenvalue weighted by atomic mass is 10.2. The van der Waals surface area contributed by atoms with Gasteiger partial charge in [-0.05, 0) is 25.5 Å². The molecule has 0 unspecified atom stereocenters. The highest BCUT2D eigenvalue weighted by Gasteiger charge is 1.94. The fourth-order valence-electron chi connectivity index (χ4n) is 1.75. The third-order valence-electron chi connectivity index (χ3n) is 2.74. The number of nitrogens with one attached hydrogen (secondary N) is 1. The zero-order valence-corrected chi connectivity index (χ0v) is 11.7. The Labute approximate surface area is 122 Å². The maximum absolute atomic E-state index is 7.00. The van der Waals surface area contributed by atoms with Gasteiger partial charge in [0, 0.05) is 24.2 Å². The van der Waals surface area contributed by atoms with Crippen LogP contribution in [0.15, 0.2) is 60.8 Å². The number of aromatic nitrogens is 1. The van der Waals surface area contributed by atoms with E-state index in [1.54, 1.807) is 0 Å². The maximum Gasteiger partial charge on any atom is 0.0456 e. The summed E-state index contributed by atoms with van der Waals surface area (Å²) in [6.45, 7) is 4.19. The van der Waals surface area contributed by atoms with E-state index < -0.39 is 0 Å². The van der Waals surface area contributed by atoms with E-state index >= 15 is 0 Å². The summed E-state index contributed by atoms with van der Waals surface area (Å²) in [6, 6.07) is 18.6. The van der Waals surface area contributed by atoms with E-state index in [0.29, 0.717) is 0 Å². The average Bonchev–Trinajstić information content (AvgIpc) is 2.85. The minimum atomic E-state index is 0. The summed E-state index contributed by atoms with van der Waals surface area (Å²) in [6.07, 6.45) is 2.03. The molecule has 0 bridgehead atoms. The summed E-state index contributed by atoms with van der Waals surface area (Å²) in [4.78, 5) is 3.19. The molecule has 2 N–H and O–H groups in total. The van der Waals surface area contributed by atoms with Gasteiger partial charge in [-0.25, -0.2) is 0 Å². The molecule has 0 saturated carbocycles. The number of aliphatic hydroxyl groups excluding tert-OH is 1. The topological polar surface area (TPSA) is 36.0 Å². The van der Waals surface area contributed by atoms with Crippen molar-refractivity contribution in [3.63, 3.8) is 0 Å². The van der Waals surface area contributed by atoms with Gasteiger partial charge in [0.05, 0.1) is 0 Å². The normalized spacial score (nSPS) is 8.60. The number of aromatic amines is 1. The highest BCUT2D eigenvalue weighted by Crippen LogP contribution is 2.15. The van der Waals surface area contributed by atoms with Crippen LogP contribution in [0.1, 0.15) is 18.6 Å². The Bertz CT molecular complexity index is 584. The molecule has 0 aliphatic rings. The third-order valence-corrected chi connectivity index (χ3v) is 2.74. The number of fused-ring (bicyclic) bond motifs is 1. The number of benzene rings is 2. The molecule has 0 spiro atoms. The standard InChI is InChI=1S/C9H9N.C7H8.CH4O.CH4/c1-7-6-10-9-5-3-2-4-8(7)9;1-7-5-3-2-4-6-7;1-2;/h2-6,10H,1H3;2-6H,1H3;2H,1H3;1H4. The predicted octanol–water partition coefficient (Wildman–Crippen LogP) is 4.72. The van der Waals surface area contributed by atoms with Crippen LogP contribution in [0.4, 0.5) is 0 Å². The van der Waals surface area contributed by atoms with Crippen molar-refractivity contribution in [1.29, 1.82) is 0 Å². The summed E-state index contributed by atoms with van der Waals surface area (Å²) < 4.78 is 0. The van der Waals surface area contributed by atoms with Crippen molar-refractivity contribution in [2.75, 3.05) is 7.11 Å². The Morgan fingerprint density at radius 3 is 1.85 bits per heavy atom. The molecule has 0 aliphatic heterocycles. The van der Waals surface area contributed by atoms with Gasteiger partial charge in [-0.2, -0.15) is 0 Å². The SMILES string of the molecule is C.CO.Cc1c[nH]c2ccccc12.Cc1ccccc1. The summed E-state index contributed by atoms with van der Waals surface area (Å²) in [5.74, 6) is 0. The minimum Gasteiger partial charge on any atom is -0.400 e. The largest absolute Gasteiger partial charge is 0.400 e. The van der Waals surface area contributed by atoms with Crippen LogP contribution in [-0.4, -0.2) is 17.2 Å². The van der Waals surface area contributed by atoms with Gasteiger partial charge in [-0.3, -0.25) is 0 Å². The van der Waals surface area contributed by atoms with Crippen molar-refractivity contribution in [1.82, 2.24) is 4.98 Å². The molecule has 108 valence electrons. The van der Waals surface area contributed by atoms with Crippen molar-refractivity contribution < 1.29 is 5.11 Å². The molecule has 3 rings (SSSR count). The van der Waals surface area contributed by atoms with Gasteiger partial charge < -0.3 is 10.1 Å². The Balaban J connectivity index is 0.000000322. The monoisotopic (exact) mass is 271 g/mol. The van der Waals surface area contributed by atoms with Gasteiger partial charge in [0.2, 0.25) is 0 Å². The van der Waals surface area contributed by atoms with Gasteiger partial charge in [0.15, 0.2) is 0 Å². The molecule has 0 fully saturated rings. The second-order valence-electron chi connectivity index (χ2n) is 4.17. The van der Waals surface area contributed by atoms with E-state index in [9.17, 15) is 0 Å². The summed E-state index contributed by atoms with van der Waals surface area (Å²) in [5.41, 5.74) is 3.86. The average molecular weight is 271 g/mol. The van der Waals surface area contributed by atoms with E-state index in [4.69, 9.17) is 5.11 Å². The number of hydrogen-bond donors (Lipinski definition) is 2. The molecule has 0 amide bonds. The first-order valence-electron chi connectivity index (χ1n) is 6.26. The maximum atomic E-state index is 7.00. The molecule has 1 aromatic heterocycles. The van der Waals surface area contributed by atoms with Crippen LogP contribution in [0.2, 0.25) is 0 Å². The molecular formula is C18H25NO. The highest BCUT2D eigenvalue weighted by atomic mass is 16.2. The molecule has 2 nitrogen and oxygen atoms in total. The van der Waals surface area contributed by atoms with E-state index in [0.717, 1.165) is 7.11 Å². The molecular weight excluding hydrogens is 246 g/mol. The molecule has 2 aromatic carbocycles. The van der Waals surface area contributed by atoms with Crippen molar-refractivity contribution in [2.24, 2.45) is 0 Å². The highest BCUT2D eigenvalue weighted by molar-refractivity contribution is 5.82. The molecule has 1 heterocycles. The Morgan fingerprint density at radius 1 is 0.800 bits per heavy atom. The quantitative estimate of drug-likeness (QED) is 0.610. The lowest BCUT2D eigenvalue weighted by Crippen LogP contribution is -1.64. The van der Waals surface area contributed by atoms with E-state index in [-0.39, 0.29) is 7.43 Å². The molecule has 2 heteroatoms. The molecule has 0 radical (unpaired) electrons. The number of para-hydroxylation sites is 1. The fourth-order valence-corrected chi connectivity index (χ4v) is 1.75. The second kappa shape index (κ2) is 9.82. The van der Waals surface area contributed by atoms with Crippen molar-refractivity contribution in [3.8, 4) is 0 Å². The van der Waals surface area contributed by atoms with Crippen LogP contribution in [0, 0.1) is 13.8 Å². The zero-order valence-electron chi connectivity index (χ0n) is 11.7. The fraction of sp³-hybridized carbons (Fsp3) is 0.222. The first-order chi connectivity index (χ1) is 9.27. The Kier molecular flexibility index (Phi) is 8.80. The van der Waals surface area contributed by atoms with Gasteiger partial charge in [-0.15, -0.1) is 0 Å². The predicted molar refractivity (Wildman–Crippen MR) is 89.1 cm³/mol. The van der Waals surface area contributed by atoms with Crippen molar-refractivity contribution >= 4 is 10.9 Å². The molecule has 20 heavy (non-hydrogen) atoms. The molecule has 0 aliphatic carbocycles. The summed E-state index contributed by atoms with van der Waals surface area (Å²) in [7, 11) is 1.00.